The number of carbonyl (C=O) groups excluding carboxylic acids is 1. The van der Waals surface area contributed by atoms with Gasteiger partial charge in [-0.3, -0.25) is 9.48 Å². The summed E-state index contributed by atoms with van der Waals surface area (Å²) in [5, 5.41) is 4.25. The summed E-state index contributed by atoms with van der Waals surface area (Å²) in [6.07, 6.45) is 0. The number of nitrogens with two attached hydrogens (primary N) is 1. The van der Waals surface area contributed by atoms with Gasteiger partial charge in [-0.2, -0.15) is 5.10 Å². The molecule has 5 nitrogen and oxygen atoms in total. The van der Waals surface area contributed by atoms with E-state index in [1.165, 1.54) is 0 Å². The fourth-order valence-corrected chi connectivity index (χ4v) is 1.80. The highest BCUT2D eigenvalue weighted by atomic mass is 16.2. The Kier molecular flexibility index (Phi) is 4.06. The molecule has 0 unspecified atom stereocenters. The fourth-order valence-electron chi connectivity index (χ4n) is 1.80. The van der Waals surface area contributed by atoms with Crippen LogP contribution in [0.5, 0.6) is 0 Å². The summed E-state index contributed by atoms with van der Waals surface area (Å²) in [4.78, 5) is 14.0. The van der Waals surface area contributed by atoms with E-state index in [4.69, 9.17) is 5.73 Å². The lowest BCUT2D eigenvalue weighted by molar-refractivity contribution is 0.0767. The van der Waals surface area contributed by atoms with Gasteiger partial charge in [-0.1, -0.05) is 0 Å². The van der Waals surface area contributed by atoms with E-state index >= 15 is 0 Å². The van der Waals surface area contributed by atoms with E-state index in [0.29, 0.717) is 25.2 Å². The van der Waals surface area contributed by atoms with Gasteiger partial charge in [0.25, 0.3) is 5.91 Å². The number of aromatic nitrogens is 2. The Morgan fingerprint density at radius 2 is 2.12 bits per heavy atom. The Hall–Kier alpha value is -1.36. The highest BCUT2D eigenvalue weighted by molar-refractivity contribution is 5.96. The van der Waals surface area contributed by atoms with Crippen molar-refractivity contribution < 1.29 is 4.79 Å². The first kappa shape index (κ1) is 12.7. The van der Waals surface area contributed by atoms with Crippen LogP contribution >= 0.6 is 0 Å². The van der Waals surface area contributed by atoms with Crippen LogP contribution in [0.2, 0.25) is 0 Å². The molecule has 0 fully saturated rings. The summed E-state index contributed by atoms with van der Waals surface area (Å²) < 4.78 is 1.73. The second-order valence-corrected chi connectivity index (χ2v) is 3.84. The summed E-state index contributed by atoms with van der Waals surface area (Å²) in [6, 6.07) is 0. The van der Waals surface area contributed by atoms with Crippen LogP contribution in [-0.2, 0) is 7.05 Å². The van der Waals surface area contributed by atoms with Crippen LogP contribution in [0.15, 0.2) is 0 Å². The van der Waals surface area contributed by atoms with E-state index in [0.717, 1.165) is 11.4 Å². The smallest absolute Gasteiger partial charge is 0.257 e. The summed E-state index contributed by atoms with van der Waals surface area (Å²) in [6.45, 7) is 7.46. The lowest BCUT2D eigenvalue weighted by Gasteiger charge is -2.20. The van der Waals surface area contributed by atoms with Crippen LogP contribution < -0.4 is 5.73 Å². The van der Waals surface area contributed by atoms with Gasteiger partial charge in [-0.05, 0) is 20.8 Å². The third kappa shape index (κ3) is 2.24. The van der Waals surface area contributed by atoms with Crippen molar-refractivity contribution in [3.8, 4) is 0 Å². The number of hydrogen-bond donors (Lipinski definition) is 1. The van der Waals surface area contributed by atoms with Crippen molar-refractivity contribution in [2.45, 2.75) is 20.8 Å². The summed E-state index contributed by atoms with van der Waals surface area (Å²) in [7, 11) is 1.85. The molecule has 0 aliphatic heterocycles. The molecule has 0 saturated heterocycles. The first-order valence-electron chi connectivity index (χ1n) is 5.52. The van der Waals surface area contributed by atoms with E-state index in [9.17, 15) is 4.79 Å². The Morgan fingerprint density at radius 1 is 1.50 bits per heavy atom. The molecule has 0 aliphatic rings. The SMILES string of the molecule is CCN(CCN)C(=O)c1c(C)nn(C)c1C. The molecule has 1 rings (SSSR count). The van der Waals surface area contributed by atoms with Gasteiger partial charge in [0.15, 0.2) is 0 Å². The van der Waals surface area contributed by atoms with Gasteiger partial charge in [0.2, 0.25) is 0 Å². The zero-order chi connectivity index (χ0) is 12.3. The maximum atomic E-state index is 12.2. The average molecular weight is 224 g/mol. The Balaban J connectivity index is 3.03. The number of aryl methyl sites for hydroxylation is 2. The van der Waals surface area contributed by atoms with E-state index in [1.54, 1.807) is 9.58 Å². The first-order valence-corrected chi connectivity index (χ1v) is 5.52. The van der Waals surface area contributed by atoms with Gasteiger partial charge < -0.3 is 10.6 Å². The Bertz CT molecular complexity index is 384. The molecule has 1 aromatic rings. The normalized spacial score (nSPS) is 10.6. The number of hydrogen-bond acceptors (Lipinski definition) is 3. The Labute approximate surface area is 96.2 Å². The third-order valence-corrected chi connectivity index (χ3v) is 2.79. The zero-order valence-electron chi connectivity index (χ0n) is 10.4. The summed E-state index contributed by atoms with van der Waals surface area (Å²) in [5.41, 5.74) is 7.87. The predicted octanol–water partition coefficient (Wildman–Crippen LogP) is 0.458. The number of amides is 1. The fraction of sp³-hybridized carbons (Fsp3) is 0.636. The molecule has 1 heterocycles. The Morgan fingerprint density at radius 3 is 2.50 bits per heavy atom. The van der Waals surface area contributed by atoms with E-state index in [-0.39, 0.29) is 5.91 Å². The zero-order valence-corrected chi connectivity index (χ0v) is 10.4. The lowest BCUT2D eigenvalue weighted by Crippen LogP contribution is -2.35. The summed E-state index contributed by atoms with van der Waals surface area (Å²) >= 11 is 0. The van der Waals surface area contributed by atoms with Crippen LogP contribution in [-0.4, -0.2) is 40.2 Å². The monoisotopic (exact) mass is 224 g/mol. The molecular formula is C11H20N4O. The largest absolute Gasteiger partial charge is 0.338 e. The van der Waals surface area contributed by atoms with E-state index < -0.39 is 0 Å². The van der Waals surface area contributed by atoms with Crippen molar-refractivity contribution in [1.29, 1.82) is 0 Å². The van der Waals surface area contributed by atoms with Gasteiger partial charge >= 0.3 is 0 Å². The number of nitrogens with zero attached hydrogens (tertiary/aromatic N) is 3. The van der Waals surface area contributed by atoms with E-state index in [2.05, 4.69) is 5.10 Å². The minimum absolute atomic E-state index is 0.0241. The molecule has 0 atom stereocenters. The van der Waals surface area contributed by atoms with Crippen molar-refractivity contribution >= 4 is 5.91 Å². The molecule has 0 radical (unpaired) electrons. The van der Waals surface area contributed by atoms with Crippen molar-refractivity contribution in [1.82, 2.24) is 14.7 Å². The standard InChI is InChI=1S/C11H20N4O/c1-5-15(7-6-12)11(16)10-8(2)13-14(4)9(10)3/h5-7,12H2,1-4H3. The molecule has 5 heteroatoms. The molecule has 0 aromatic carbocycles. The van der Waals surface area contributed by atoms with Crippen molar-refractivity contribution in [2.75, 3.05) is 19.6 Å². The molecular weight excluding hydrogens is 204 g/mol. The van der Waals surface area contributed by atoms with Gasteiger partial charge in [-0.25, -0.2) is 0 Å². The molecule has 1 amide bonds. The summed E-state index contributed by atoms with van der Waals surface area (Å²) in [5.74, 6) is 0.0241. The quantitative estimate of drug-likeness (QED) is 0.808. The lowest BCUT2D eigenvalue weighted by atomic mass is 10.1. The van der Waals surface area contributed by atoms with Crippen LogP contribution in [0.4, 0.5) is 0 Å². The second-order valence-electron chi connectivity index (χ2n) is 3.84. The van der Waals surface area contributed by atoms with Gasteiger partial charge in [-0.15, -0.1) is 0 Å². The van der Waals surface area contributed by atoms with Crippen LogP contribution in [0, 0.1) is 13.8 Å². The highest BCUT2D eigenvalue weighted by Gasteiger charge is 2.21. The van der Waals surface area contributed by atoms with Gasteiger partial charge in [0.1, 0.15) is 0 Å². The number of rotatable bonds is 4. The number of likely N-dealkylation sites (N-methyl/N-ethyl adjacent to an activating group) is 1. The van der Waals surface area contributed by atoms with E-state index in [1.807, 2.05) is 27.8 Å². The molecule has 2 N–H and O–H groups in total. The number of carbonyl (C=O) groups is 1. The highest BCUT2D eigenvalue weighted by Crippen LogP contribution is 2.14. The predicted molar refractivity (Wildman–Crippen MR) is 63.3 cm³/mol. The van der Waals surface area contributed by atoms with Crippen molar-refractivity contribution in [3.63, 3.8) is 0 Å². The van der Waals surface area contributed by atoms with Crippen molar-refractivity contribution in [3.05, 3.63) is 17.0 Å². The molecule has 0 saturated carbocycles. The molecule has 0 aliphatic carbocycles. The van der Waals surface area contributed by atoms with Crippen LogP contribution in [0.25, 0.3) is 0 Å². The van der Waals surface area contributed by atoms with Crippen LogP contribution in [0.3, 0.4) is 0 Å². The molecule has 90 valence electrons. The molecule has 1 aromatic heterocycles. The maximum Gasteiger partial charge on any atom is 0.257 e. The molecule has 0 spiro atoms. The second kappa shape index (κ2) is 5.12. The minimum Gasteiger partial charge on any atom is -0.338 e. The maximum absolute atomic E-state index is 12.2. The molecule has 0 bridgehead atoms. The van der Waals surface area contributed by atoms with Gasteiger partial charge in [0.05, 0.1) is 11.3 Å². The minimum atomic E-state index is 0.0241. The topological polar surface area (TPSA) is 64.2 Å². The third-order valence-electron chi connectivity index (χ3n) is 2.79. The van der Waals surface area contributed by atoms with Crippen LogP contribution in [0.1, 0.15) is 28.7 Å². The first-order chi connectivity index (χ1) is 7.52. The molecule has 16 heavy (non-hydrogen) atoms. The van der Waals surface area contributed by atoms with Crippen molar-refractivity contribution in [2.24, 2.45) is 12.8 Å². The average Bonchev–Trinajstić information content (AvgIpc) is 2.49. The van der Waals surface area contributed by atoms with Gasteiger partial charge in [0, 0.05) is 32.4 Å².